The number of nitrogens with zero attached hydrogens (tertiary/aromatic N) is 1. The monoisotopic (exact) mass is 256 g/mol. The molecule has 4 nitrogen and oxygen atoms in total. The van der Waals surface area contributed by atoms with Crippen molar-refractivity contribution in [2.45, 2.75) is 25.3 Å². The summed E-state index contributed by atoms with van der Waals surface area (Å²) in [5, 5.41) is 3.05. The van der Waals surface area contributed by atoms with Crippen LogP contribution in [-0.4, -0.2) is 18.0 Å². The van der Waals surface area contributed by atoms with Crippen LogP contribution in [0.3, 0.4) is 0 Å². The first-order chi connectivity index (χ1) is 9.25. The van der Waals surface area contributed by atoms with Gasteiger partial charge < -0.3 is 5.32 Å². The van der Waals surface area contributed by atoms with Crippen molar-refractivity contribution in [3.05, 3.63) is 30.3 Å². The molecule has 19 heavy (non-hydrogen) atoms. The van der Waals surface area contributed by atoms with Crippen molar-refractivity contribution in [2.75, 3.05) is 4.90 Å². The zero-order valence-corrected chi connectivity index (χ0v) is 10.6. The molecular weight excluding hydrogens is 240 g/mol. The van der Waals surface area contributed by atoms with Gasteiger partial charge in [-0.15, -0.1) is 0 Å². The molecule has 4 atom stereocenters. The summed E-state index contributed by atoms with van der Waals surface area (Å²) < 4.78 is 0. The van der Waals surface area contributed by atoms with Crippen LogP contribution >= 0.6 is 0 Å². The predicted octanol–water partition coefficient (Wildman–Crippen LogP) is 2.16. The molecule has 1 aliphatic heterocycles. The molecule has 3 amide bonds. The molecule has 3 fully saturated rings. The second kappa shape index (κ2) is 3.83. The summed E-state index contributed by atoms with van der Waals surface area (Å²) in [6.45, 7) is 0. The molecule has 1 N–H and O–H groups in total. The lowest BCUT2D eigenvalue weighted by Crippen LogP contribution is -2.61. The lowest BCUT2D eigenvalue weighted by Gasteiger charge is -2.39. The molecule has 4 heteroatoms. The largest absolute Gasteiger partial charge is 0.333 e. The number of imide groups is 1. The molecule has 98 valence electrons. The fraction of sp³-hybridized carbons (Fsp3) is 0.467. The Kier molecular flexibility index (Phi) is 2.22. The van der Waals surface area contributed by atoms with Crippen LogP contribution in [0.5, 0.6) is 0 Å². The van der Waals surface area contributed by atoms with E-state index < -0.39 is 0 Å². The van der Waals surface area contributed by atoms with Crippen molar-refractivity contribution < 1.29 is 9.59 Å². The summed E-state index contributed by atoms with van der Waals surface area (Å²) in [4.78, 5) is 26.2. The van der Waals surface area contributed by atoms with E-state index in [4.69, 9.17) is 0 Å². The number of benzene rings is 1. The highest BCUT2D eigenvalue weighted by Gasteiger charge is 2.56. The smallest absolute Gasteiger partial charge is 0.329 e. The van der Waals surface area contributed by atoms with Gasteiger partial charge in [0, 0.05) is 6.04 Å². The van der Waals surface area contributed by atoms with Gasteiger partial charge in [0.2, 0.25) is 5.91 Å². The van der Waals surface area contributed by atoms with E-state index in [0.717, 1.165) is 19.3 Å². The maximum Gasteiger partial charge on any atom is 0.329 e. The second-order valence-electron chi connectivity index (χ2n) is 5.84. The van der Waals surface area contributed by atoms with Crippen LogP contribution in [0.15, 0.2) is 30.3 Å². The van der Waals surface area contributed by atoms with Gasteiger partial charge in [0.1, 0.15) is 0 Å². The standard InChI is InChI=1S/C15H16N2O2/c18-14-12-9-6-7-10(8-9)13(12)16-15(19)17(14)11-4-2-1-3-5-11/h1-5,9-10,12-13H,6-8H2,(H,16,19)/t9-,10+,12+,13-/m0/s1. The molecule has 0 aromatic heterocycles. The molecule has 0 spiro atoms. The quantitative estimate of drug-likeness (QED) is 0.837. The number of carbonyl (C=O) groups excluding carboxylic acids is 2. The molecule has 4 rings (SSSR count). The van der Waals surface area contributed by atoms with E-state index in [1.54, 1.807) is 0 Å². The molecule has 2 saturated carbocycles. The predicted molar refractivity (Wildman–Crippen MR) is 70.6 cm³/mol. The number of urea groups is 1. The lowest BCUT2D eigenvalue weighted by molar-refractivity contribution is -0.124. The van der Waals surface area contributed by atoms with Gasteiger partial charge in [-0.05, 0) is 43.2 Å². The van der Waals surface area contributed by atoms with Gasteiger partial charge in [-0.2, -0.15) is 0 Å². The van der Waals surface area contributed by atoms with Gasteiger partial charge in [-0.1, -0.05) is 18.2 Å². The average molecular weight is 256 g/mol. The number of nitrogens with one attached hydrogen (secondary N) is 1. The van der Waals surface area contributed by atoms with Gasteiger partial charge in [-0.3, -0.25) is 4.79 Å². The number of hydrogen-bond donors (Lipinski definition) is 1. The lowest BCUT2D eigenvalue weighted by atomic mass is 9.82. The number of rotatable bonds is 1. The number of fused-ring (bicyclic) bond motifs is 5. The van der Waals surface area contributed by atoms with Crippen molar-refractivity contribution in [3.63, 3.8) is 0 Å². The van der Waals surface area contributed by atoms with Crippen molar-refractivity contribution >= 4 is 17.6 Å². The Labute approximate surface area is 111 Å². The normalized spacial score (nSPS) is 36.3. The maximum absolute atomic E-state index is 12.7. The van der Waals surface area contributed by atoms with E-state index in [2.05, 4.69) is 5.32 Å². The van der Waals surface area contributed by atoms with E-state index in [1.165, 1.54) is 4.90 Å². The van der Waals surface area contributed by atoms with Crippen LogP contribution in [0.25, 0.3) is 0 Å². The molecule has 1 heterocycles. The van der Waals surface area contributed by atoms with Crippen LogP contribution in [-0.2, 0) is 4.79 Å². The number of hydrogen-bond acceptors (Lipinski definition) is 2. The van der Waals surface area contributed by atoms with Gasteiger partial charge in [-0.25, -0.2) is 9.69 Å². The molecular formula is C15H16N2O2. The van der Waals surface area contributed by atoms with Crippen molar-refractivity contribution in [2.24, 2.45) is 17.8 Å². The first kappa shape index (κ1) is 11.0. The summed E-state index contributed by atoms with van der Waals surface area (Å²) >= 11 is 0. The third-order valence-electron chi connectivity index (χ3n) is 4.93. The zero-order valence-electron chi connectivity index (χ0n) is 10.6. The van der Waals surface area contributed by atoms with Crippen LogP contribution in [0.2, 0.25) is 0 Å². The number of carbonyl (C=O) groups is 2. The Bertz CT molecular complexity index is 542. The van der Waals surface area contributed by atoms with Crippen LogP contribution < -0.4 is 10.2 Å². The van der Waals surface area contributed by atoms with Crippen LogP contribution in [0.1, 0.15) is 19.3 Å². The summed E-state index contributed by atoms with van der Waals surface area (Å²) in [5.74, 6) is 0.971. The van der Waals surface area contributed by atoms with Gasteiger partial charge in [0.15, 0.2) is 0 Å². The van der Waals surface area contributed by atoms with Crippen LogP contribution in [0, 0.1) is 17.8 Å². The summed E-state index contributed by atoms with van der Waals surface area (Å²) in [6, 6.07) is 9.03. The Morgan fingerprint density at radius 2 is 1.79 bits per heavy atom. The van der Waals surface area contributed by atoms with E-state index in [0.29, 0.717) is 17.5 Å². The van der Waals surface area contributed by atoms with Crippen LogP contribution in [0.4, 0.5) is 10.5 Å². The molecule has 0 radical (unpaired) electrons. The molecule has 2 bridgehead atoms. The van der Waals surface area contributed by atoms with E-state index >= 15 is 0 Å². The topological polar surface area (TPSA) is 49.4 Å². The fourth-order valence-electron chi connectivity index (χ4n) is 4.13. The Balaban J connectivity index is 1.71. The number of anilines is 1. The molecule has 0 unspecified atom stereocenters. The minimum Gasteiger partial charge on any atom is -0.333 e. The third-order valence-corrected chi connectivity index (χ3v) is 4.93. The Morgan fingerprint density at radius 1 is 1.05 bits per heavy atom. The fourth-order valence-corrected chi connectivity index (χ4v) is 4.13. The minimum absolute atomic E-state index is 0.00310. The van der Waals surface area contributed by atoms with Crippen molar-refractivity contribution in [1.29, 1.82) is 0 Å². The minimum atomic E-state index is -0.259. The first-order valence-electron chi connectivity index (χ1n) is 6.95. The number of amides is 3. The molecule has 1 saturated heterocycles. The SMILES string of the molecule is O=C1N[C@H]2[C@@H]3CC[C@@H](C3)[C@H]2C(=O)N1c1ccccc1. The molecule has 2 aliphatic carbocycles. The zero-order chi connectivity index (χ0) is 13.0. The maximum atomic E-state index is 12.7. The van der Waals surface area contributed by atoms with Gasteiger partial charge in [0.25, 0.3) is 0 Å². The Morgan fingerprint density at radius 3 is 2.58 bits per heavy atom. The summed E-state index contributed by atoms with van der Waals surface area (Å²) in [6.07, 6.45) is 3.39. The van der Waals surface area contributed by atoms with Crippen molar-refractivity contribution in [3.8, 4) is 0 Å². The van der Waals surface area contributed by atoms with Gasteiger partial charge >= 0.3 is 6.03 Å². The third kappa shape index (κ3) is 1.46. The highest BCUT2D eigenvalue weighted by molar-refractivity contribution is 6.17. The molecule has 1 aromatic carbocycles. The van der Waals surface area contributed by atoms with Gasteiger partial charge in [0.05, 0.1) is 11.6 Å². The molecule has 1 aromatic rings. The van der Waals surface area contributed by atoms with E-state index in [-0.39, 0.29) is 23.9 Å². The first-order valence-corrected chi connectivity index (χ1v) is 6.95. The number of para-hydroxylation sites is 1. The summed E-state index contributed by atoms with van der Waals surface area (Å²) in [7, 11) is 0. The van der Waals surface area contributed by atoms with Crippen molar-refractivity contribution in [1.82, 2.24) is 5.32 Å². The highest BCUT2D eigenvalue weighted by atomic mass is 16.2. The Hall–Kier alpha value is -1.84. The van der Waals surface area contributed by atoms with E-state index in [1.807, 2.05) is 30.3 Å². The summed E-state index contributed by atoms with van der Waals surface area (Å²) in [5.41, 5.74) is 0.672. The average Bonchev–Trinajstić information content (AvgIpc) is 3.01. The highest BCUT2D eigenvalue weighted by Crippen LogP contribution is 2.50. The molecule has 3 aliphatic rings. The van der Waals surface area contributed by atoms with E-state index in [9.17, 15) is 9.59 Å². The second-order valence-corrected chi connectivity index (χ2v) is 5.84.